The van der Waals surface area contributed by atoms with Gasteiger partial charge in [0.05, 0.1) is 17.3 Å². The van der Waals surface area contributed by atoms with E-state index < -0.39 is 88.3 Å². The summed E-state index contributed by atoms with van der Waals surface area (Å²) in [4.78, 5) is 29.4. The van der Waals surface area contributed by atoms with Crippen molar-refractivity contribution < 1.29 is 44.7 Å². The minimum absolute atomic E-state index is 0.0392. The molecule has 1 fully saturated rings. The van der Waals surface area contributed by atoms with Crippen LogP contribution >= 0.6 is 0 Å². The zero-order valence-electron chi connectivity index (χ0n) is 22.8. The number of alkyl halides is 5. The zero-order chi connectivity index (χ0) is 32.4. The van der Waals surface area contributed by atoms with Crippen LogP contribution in [-0.2, 0) is 29.9 Å². The number of nitrogens with two attached hydrogens (primary N) is 1. The molecule has 2 aliphatic carbocycles. The molecule has 2 heterocycles. The van der Waals surface area contributed by atoms with Crippen molar-refractivity contribution in [2.75, 3.05) is 0 Å². The molecule has 3 N–H and O–H groups in total. The Balaban J connectivity index is 1.38. The van der Waals surface area contributed by atoms with Crippen LogP contribution < -0.4 is 11.1 Å². The summed E-state index contributed by atoms with van der Waals surface area (Å²) in [5, 5.41) is 5.88. The second-order valence-electron chi connectivity index (χ2n) is 10.9. The van der Waals surface area contributed by atoms with Gasteiger partial charge < -0.3 is 11.1 Å². The van der Waals surface area contributed by atoms with Gasteiger partial charge in [0.1, 0.15) is 29.7 Å². The Bertz CT molecular complexity index is 1830. The summed E-state index contributed by atoms with van der Waals surface area (Å²) in [5.41, 5.74) is 2.28. The molecule has 4 aromatic rings. The van der Waals surface area contributed by atoms with Gasteiger partial charge in [0, 0.05) is 29.3 Å². The Morgan fingerprint density at radius 3 is 2.44 bits per heavy atom. The standard InChI is InChI=1S/C30H21F8N5O2/c31-15-6-13(7-16(32)10-15)8-22(25-17(2-1-5-40-25)14-3-4-21(33)19(9-14)28(39)45)41-23(44)12-43-27-24(26(42-43)30(36,37)38)18-11-20(18)29(27,34)35/h1-7,9-10,18,20,22H,8,11-12H2,(H2,39,45)(H,41,44). The van der Waals surface area contributed by atoms with Gasteiger partial charge in [-0.15, -0.1) is 0 Å². The number of nitrogens with one attached hydrogen (secondary N) is 1. The summed E-state index contributed by atoms with van der Waals surface area (Å²) in [7, 11) is 0. The number of hydrogen-bond acceptors (Lipinski definition) is 4. The number of nitrogens with zero attached hydrogens (tertiary/aromatic N) is 3. The lowest BCUT2D eigenvalue weighted by Crippen LogP contribution is -2.35. The molecule has 3 unspecified atom stereocenters. The minimum atomic E-state index is -5.04. The molecular weight excluding hydrogens is 614 g/mol. The Kier molecular flexibility index (Phi) is 7.16. The SMILES string of the molecule is NC(=O)c1cc(-c2cccnc2C(Cc2cc(F)cc(F)c2)NC(=O)Cn2nc(C(F)(F)F)c3c2C(F)(F)C2CC32)ccc1F. The van der Waals surface area contributed by atoms with Gasteiger partial charge in [0.15, 0.2) is 5.69 Å². The van der Waals surface area contributed by atoms with Crippen LogP contribution in [0.4, 0.5) is 35.1 Å². The van der Waals surface area contributed by atoms with E-state index in [-0.39, 0.29) is 35.2 Å². The van der Waals surface area contributed by atoms with Crippen molar-refractivity contribution in [1.29, 1.82) is 0 Å². The lowest BCUT2D eigenvalue weighted by molar-refractivity contribution is -0.142. The summed E-state index contributed by atoms with van der Waals surface area (Å²) < 4.78 is 114. The van der Waals surface area contributed by atoms with Gasteiger partial charge in [-0.05, 0) is 60.2 Å². The fourth-order valence-electron chi connectivity index (χ4n) is 5.97. The van der Waals surface area contributed by atoms with Crippen molar-refractivity contribution in [2.24, 2.45) is 11.7 Å². The normalized spacial score (nSPS) is 18.7. The highest BCUT2D eigenvalue weighted by atomic mass is 19.4. The first-order chi connectivity index (χ1) is 21.1. The van der Waals surface area contributed by atoms with Crippen molar-refractivity contribution in [3.8, 4) is 11.1 Å². The number of hydrogen-bond donors (Lipinski definition) is 2. The average molecular weight is 636 g/mol. The number of benzene rings is 2. The van der Waals surface area contributed by atoms with Crippen LogP contribution in [0.1, 0.15) is 56.9 Å². The number of carbonyl (C=O) groups is 2. The number of carbonyl (C=O) groups excluding carboxylic acids is 2. The molecule has 2 amide bonds. The van der Waals surface area contributed by atoms with Crippen LogP contribution in [-0.4, -0.2) is 26.6 Å². The Morgan fingerprint density at radius 2 is 1.78 bits per heavy atom. The van der Waals surface area contributed by atoms with Crippen LogP contribution in [0.5, 0.6) is 0 Å². The Hall–Kier alpha value is -4.82. The second-order valence-corrected chi connectivity index (χ2v) is 10.9. The molecule has 6 rings (SSSR count). The summed E-state index contributed by atoms with van der Waals surface area (Å²) in [6, 6.07) is 7.71. The van der Waals surface area contributed by atoms with E-state index in [4.69, 9.17) is 5.73 Å². The van der Waals surface area contributed by atoms with Gasteiger partial charge in [-0.3, -0.25) is 19.3 Å². The maximum Gasteiger partial charge on any atom is 0.435 e. The highest BCUT2D eigenvalue weighted by molar-refractivity contribution is 5.94. The Morgan fingerprint density at radius 1 is 1.07 bits per heavy atom. The first-order valence-electron chi connectivity index (χ1n) is 13.5. The van der Waals surface area contributed by atoms with Crippen LogP contribution in [0.3, 0.4) is 0 Å². The van der Waals surface area contributed by atoms with E-state index in [9.17, 15) is 35.9 Å². The molecule has 2 aromatic carbocycles. The predicted octanol–water partition coefficient (Wildman–Crippen LogP) is 5.79. The summed E-state index contributed by atoms with van der Waals surface area (Å²) in [6.07, 6.45) is -4.17. The van der Waals surface area contributed by atoms with Crippen molar-refractivity contribution >= 4 is 11.8 Å². The van der Waals surface area contributed by atoms with Crippen molar-refractivity contribution in [2.45, 2.75) is 43.4 Å². The van der Waals surface area contributed by atoms with Gasteiger partial charge in [0.25, 0.3) is 11.8 Å². The molecule has 0 saturated heterocycles. The number of amides is 2. The molecular formula is C30H21F8N5O2. The van der Waals surface area contributed by atoms with Crippen molar-refractivity contribution in [1.82, 2.24) is 20.1 Å². The van der Waals surface area contributed by atoms with Crippen LogP contribution in [0, 0.1) is 23.4 Å². The van der Waals surface area contributed by atoms with E-state index in [1.165, 1.54) is 24.4 Å². The van der Waals surface area contributed by atoms with E-state index in [0.717, 1.165) is 24.3 Å². The molecule has 7 nitrogen and oxygen atoms in total. The predicted molar refractivity (Wildman–Crippen MR) is 141 cm³/mol. The molecule has 3 atom stereocenters. The number of primary amides is 1. The van der Waals surface area contributed by atoms with Gasteiger partial charge in [0.2, 0.25) is 5.91 Å². The highest BCUT2D eigenvalue weighted by Gasteiger charge is 2.68. The van der Waals surface area contributed by atoms with Crippen molar-refractivity contribution in [3.63, 3.8) is 0 Å². The lowest BCUT2D eigenvalue weighted by atomic mass is 9.94. The number of aromatic nitrogens is 3. The molecule has 0 radical (unpaired) electrons. The number of halogens is 8. The quantitative estimate of drug-likeness (QED) is 0.240. The van der Waals surface area contributed by atoms with E-state index in [2.05, 4.69) is 15.4 Å². The third kappa shape index (κ3) is 5.51. The topological polar surface area (TPSA) is 103 Å². The number of rotatable bonds is 8. The molecule has 1 saturated carbocycles. The maximum absolute atomic E-state index is 15.0. The molecule has 234 valence electrons. The average Bonchev–Trinajstić information content (AvgIpc) is 3.60. The first kappa shape index (κ1) is 30.2. The third-order valence-corrected chi connectivity index (χ3v) is 7.90. The van der Waals surface area contributed by atoms with E-state index in [1.54, 1.807) is 0 Å². The first-order valence-corrected chi connectivity index (χ1v) is 13.5. The van der Waals surface area contributed by atoms with Gasteiger partial charge in [-0.25, -0.2) is 13.2 Å². The fraction of sp³-hybridized carbons (Fsp3) is 0.267. The molecule has 0 bridgehead atoms. The molecule has 2 aromatic heterocycles. The van der Waals surface area contributed by atoms with Gasteiger partial charge >= 0.3 is 6.18 Å². The molecule has 45 heavy (non-hydrogen) atoms. The van der Waals surface area contributed by atoms with Gasteiger partial charge in [-0.2, -0.15) is 27.1 Å². The molecule has 15 heteroatoms. The lowest BCUT2D eigenvalue weighted by Gasteiger charge is -2.22. The van der Waals surface area contributed by atoms with Crippen LogP contribution in [0.15, 0.2) is 54.7 Å². The monoisotopic (exact) mass is 635 g/mol. The minimum Gasteiger partial charge on any atom is -0.366 e. The van der Waals surface area contributed by atoms with Crippen LogP contribution in [0.2, 0.25) is 0 Å². The van der Waals surface area contributed by atoms with Crippen LogP contribution in [0.25, 0.3) is 11.1 Å². The van der Waals surface area contributed by atoms with E-state index >= 15 is 8.78 Å². The van der Waals surface area contributed by atoms with E-state index in [1.807, 2.05) is 0 Å². The molecule has 2 aliphatic rings. The molecule has 0 spiro atoms. The Labute approximate surface area is 249 Å². The van der Waals surface area contributed by atoms with Crippen molar-refractivity contribution in [3.05, 3.63) is 106 Å². The van der Waals surface area contributed by atoms with Gasteiger partial charge in [-0.1, -0.05) is 12.1 Å². The maximum atomic E-state index is 15.0. The third-order valence-electron chi connectivity index (χ3n) is 7.90. The summed E-state index contributed by atoms with van der Waals surface area (Å²) in [5.74, 6) is -10.9. The zero-order valence-corrected chi connectivity index (χ0v) is 22.8. The largest absolute Gasteiger partial charge is 0.435 e. The summed E-state index contributed by atoms with van der Waals surface area (Å²) >= 11 is 0. The smallest absolute Gasteiger partial charge is 0.366 e. The number of pyridine rings is 1. The second kappa shape index (κ2) is 10.7. The van der Waals surface area contributed by atoms with E-state index in [0.29, 0.717) is 10.7 Å². The number of fused-ring (bicyclic) bond motifs is 3. The summed E-state index contributed by atoms with van der Waals surface area (Å²) in [6.45, 7) is -1.04. The fourth-order valence-corrected chi connectivity index (χ4v) is 5.97. The highest BCUT2D eigenvalue weighted by Crippen LogP contribution is 2.68. The molecule has 0 aliphatic heterocycles.